The van der Waals surface area contributed by atoms with Gasteiger partial charge >= 0.3 is 0 Å². The van der Waals surface area contributed by atoms with E-state index in [1.165, 1.54) is 22.3 Å². The minimum Gasteiger partial charge on any atom is -0.492 e. The molecule has 2 heteroatoms. The van der Waals surface area contributed by atoms with Crippen molar-refractivity contribution in [3.05, 3.63) is 53.6 Å². The molecular formula is C16H19NO. The van der Waals surface area contributed by atoms with Crippen molar-refractivity contribution in [2.24, 2.45) is 5.73 Å². The molecule has 0 heterocycles. The number of rotatable bonds is 4. The maximum absolute atomic E-state index is 5.52. The lowest BCUT2D eigenvalue weighted by Gasteiger charge is -2.10. The normalized spacial score (nSPS) is 10.4. The Balaban J connectivity index is 2.26. The Morgan fingerprint density at radius 2 is 1.72 bits per heavy atom. The van der Waals surface area contributed by atoms with Crippen molar-refractivity contribution in [3.8, 4) is 16.9 Å². The number of benzene rings is 2. The van der Waals surface area contributed by atoms with E-state index in [0.717, 1.165) is 5.75 Å². The molecule has 0 fully saturated rings. The molecule has 18 heavy (non-hydrogen) atoms. The van der Waals surface area contributed by atoms with E-state index in [1.807, 2.05) is 6.07 Å². The molecule has 2 N–H and O–H groups in total. The van der Waals surface area contributed by atoms with Crippen LogP contribution >= 0.6 is 0 Å². The van der Waals surface area contributed by atoms with Crippen molar-refractivity contribution in [2.75, 3.05) is 13.2 Å². The van der Waals surface area contributed by atoms with Crippen molar-refractivity contribution in [1.29, 1.82) is 0 Å². The second kappa shape index (κ2) is 5.69. The van der Waals surface area contributed by atoms with Crippen LogP contribution in [0.4, 0.5) is 0 Å². The highest BCUT2D eigenvalue weighted by molar-refractivity contribution is 5.68. The van der Waals surface area contributed by atoms with Crippen molar-refractivity contribution >= 4 is 0 Å². The lowest BCUT2D eigenvalue weighted by atomic mass is 9.99. The minimum absolute atomic E-state index is 0.540. The van der Waals surface area contributed by atoms with Gasteiger partial charge in [0.2, 0.25) is 0 Å². The number of nitrogens with two attached hydrogens (primary N) is 1. The molecule has 94 valence electrons. The van der Waals surface area contributed by atoms with Gasteiger partial charge in [-0.15, -0.1) is 0 Å². The zero-order chi connectivity index (χ0) is 13.0. The lowest BCUT2D eigenvalue weighted by molar-refractivity contribution is 0.328. The van der Waals surface area contributed by atoms with Crippen LogP contribution in [0.15, 0.2) is 42.5 Å². The van der Waals surface area contributed by atoms with Gasteiger partial charge in [-0.2, -0.15) is 0 Å². The van der Waals surface area contributed by atoms with E-state index in [-0.39, 0.29) is 0 Å². The van der Waals surface area contributed by atoms with E-state index in [4.69, 9.17) is 10.5 Å². The maximum atomic E-state index is 5.52. The third-order valence-electron chi connectivity index (χ3n) is 2.95. The van der Waals surface area contributed by atoms with E-state index in [2.05, 4.69) is 50.2 Å². The van der Waals surface area contributed by atoms with Crippen LogP contribution in [0.2, 0.25) is 0 Å². The van der Waals surface area contributed by atoms with Gasteiger partial charge in [-0.25, -0.2) is 0 Å². The molecular weight excluding hydrogens is 222 g/mol. The van der Waals surface area contributed by atoms with Gasteiger partial charge in [-0.05, 0) is 42.7 Å². The summed E-state index contributed by atoms with van der Waals surface area (Å²) in [4.78, 5) is 0. The van der Waals surface area contributed by atoms with E-state index < -0.39 is 0 Å². The third-order valence-corrected chi connectivity index (χ3v) is 2.95. The van der Waals surface area contributed by atoms with Crippen LogP contribution in [-0.4, -0.2) is 13.2 Å². The van der Waals surface area contributed by atoms with E-state index in [9.17, 15) is 0 Å². The number of ether oxygens (including phenoxy) is 1. The van der Waals surface area contributed by atoms with Gasteiger partial charge in [0, 0.05) is 6.54 Å². The standard InChI is InChI=1S/C16H19NO/c1-12-3-5-14(6-4-12)16-8-7-15(11-13(16)2)18-10-9-17/h3-8,11H,9-10,17H2,1-2H3. The minimum atomic E-state index is 0.540. The predicted molar refractivity (Wildman–Crippen MR) is 75.9 cm³/mol. The molecule has 0 aliphatic rings. The quantitative estimate of drug-likeness (QED) is 0.891. The van der Waals surface area contributed by atoms with Crippen molar-refractivity contribution < 1.29 is 4.74 Å². The molecule has 0 spiro atoms. The van der Waals surface area contributed by atoms with Crippen LogP contribution in [0.25, 0.3) is 11.1 Å². The molecule has 0 aliphatic carbocycles. The Bertz CT molecular complexity index is 517. The van der Waals surface area contributed by atoms with E-state index >= 15 is 0 Å². The Morgan fingerprint density at radius 3 is 2.33 bits per heavy atom. The second-order valence-electron chi connectivity index (χ2n) is 4.48. The molecule has 0 aliphatic heterocycles. The first kappa shape index (κ1) is 12.7. The lowest BCUT2D eigenvalue weighted by Crippen LogP contribution is -2.10. The number of aryl methyl sites for hydroxylation is 2. The summed E-state index contributed by atoms with van der Waals surface area (Å²) in [5, 5.41) is 0. The molecule has 2 nitrogen and oxygen atoms in total. The first-order chi connectivity index (χ1) is 8.70. The van der Waals surface area contributed by atoms with Gasteiger partial charge in [-0.3, -0.25) is 0 Å². The molecule has 0 amide bonds. The van der Waals surface area contributed by atoms with Gasteiger partial charge in [0.05, 0.1) is 0 Å². The average Bonchev–Trinajstić information content (AvgIpc) is 2.38. The zero-order valence-electron chi connectivity index (χ0n) is 10.9. The van der Waals surface area contributed by atoms with Crippen LogP contribution in [-0.2, 0) is 0 Å². The summed E-state index contributed by atoms with van der Waals surface area (Å²) >= 11 is 0. The highest BCUT2D eigenvalue weighted by atomic mass is 16.5. The molecule has 0 saturated carbocycles. The van der Waals surface area contributed by atoms with E-state index in [0.29, 0.717) is 13.2 Å². The molecule has 0 bridgehead atoms. The Hall–Kier alpha value is -1.80. The smallest absolute Gasteiger partial charge is 0.119 e. The van der Waals surface area contributed by atoms with Crippen LogP contribution in [0.1, 0.15) is 11.1 Å². The van der Waals surface area contributed by atoms with Crippen molar-refractivity contribution in [1.82, 2.24) is 0 Å². The van der Waals surface area contributed by atoms with Gasteiger partial charge in [-0.1, -0.05) is 35.9 Å². The summed E-state index contributed by atoms with van der Waals surface area (Å²) in [7, 11) is 0. The zero-order valence-corrected chi connectivity index (χ0v) is 10.9. The fourth-order valence-corrected chi connectivity index (χ4v) is 1.96. The van der Waals surface area contributed by atoms with Crippen LogP contribution in [0, 0.1) is 13.8 Å². The Kier molecular flexibility index (Phi) is 4.00. The SMILES string of the molecule is Cc1ccc(-c2ccc(OCCN)cc2C)cc1. The van der Waals surface area contributed by atoms with Gasteiger partial charge < -0.3 is 10.5 Å². The van der Waals surface area contributed by atoms with Crippen LogP contribution < -0.4 is 10.5 Å². The van der Waals surface area contributed by atoms with Crippen molar-refractivity contribution in [3.63, 3.8) is 0 Å². The molecule has 0 saturated heterocycles. The summed E-state index contributed by atoms with van der Waals surface area (Å²) in [5.41, 5.74) is 10.4. The fourth-order valence-electron chi connectivity index (χ4n) is 1.96. The van der Waals surface area contributed by atoms with Gasteiger partial charge in [0.15, 0.2) is 0 Å². The summed E-state index contributed by atoms with van der Waals surface area (Å²) in [6.07, 6.45) is 0. The van der Waals surface area contributed by atoms with E-state index in [1.54, 1.807) is 0 Å². The molecule has 0 aromatic heterocycles. The average molecular weight is 241 g/mol. The molecule has 2 aromatic carbocycles. The number of hydrogen-bond acceptors (Lipinski definition) is 2. The maximum Gasteiger partial charge on any atom is 0.119 e. The third kappa shape index (κ3) is 2.90. The molecule has 0 atom stereocenters. The first-order valence-corrected chi connectivity index (χ1v) is 6.21. The van der Waals surface area contributed by atoms with Crippen LogP contribution in [0.3, 0.4) is 0 Å². The van der Waals surface area contributed by atoms with Crippen LogP contribution in [0.5, 0.6) is 5.75 Å². The summed E-state index contributed by atoms with van der Waals surface area (Å²) in [6.45, 7) is 5.30. The molecule has 2 aromatic rings. The second-order valence-corrected chi connectivity index (χ2v) is 4.48. The predicted octanol–water partition coefficient (Wildman–Crippen LogP) is 3.31. The summed E-state index contributed by atoms with van der Waals surface area (Å²) in [5.74, 6) is 0.883. The fraction of sp³-hybridized carbons (Fsp3) is 0.250. The molecule has 0 unspecified atom stereocenters. The topological polar surface area (TPSA) is 35.2 Å². The highest BCUT2D eigenvalue weighted by Gasteiger charge is 2.03. The van der Waals surface area contributed by atoms with Gasteiger partial charge in [0.25, 0.3) is 0 Å². The van der Waals surface area contributed by atoms with Gasteiger partial charge in [0.1, 0.15) is 12.4 Å². The monoisotopic (exact) mass is 241 g/mol. The molecule has 2 rings (SSSR count). The summed E-state index contributed by atoms with van der Waals surface area (Å²) in [6, 6.07) is 14.7. The largest absolute Gasteiger partial charge is 0.492 e. The number of hydrogen-bond donors (Lipinski definition) is 1. The Labute approximate surface area is 108 Å². The molecule has 0 radical (unpaired) electrons. The first-order valence-electron chi connectivity index (χ1n) is 6.21. The Morgan fingerprint density at radius 1 is 1.00 bits per heavy atom. The van der Waals surface area contributed by atoms with Crippen molar-refractivity contribution in [2.45, 2.75) is 13.8 Å². The summed E-state index contributed by atoms with van der Waals surface area (Å²) < 4.78 is 5.52. The highest BCUT2D eigenvalue weighted by Crippen LogP contribution is 2.27.